The molecule has 0 saturated carbocycles. The molecule has 0 bridgehead atoms. The Balaban J connectivity index is 1.64. The maximum absolute atomic E-state index is 12.5. The first-order valence-electron chi connectivity index (χ1n) is 10.0. The van der Waals surface area contributed by atoms with Crippen molar-refractivity contribution in [2.45, 2.75) is 25.6 Å². The lowest BCUT2D eigenvalue weighted by Crippen LogP contribution is -2.15. The van der Waals surface area contributed by atoms with Gasteiger partial charge in [-0.15, -0.1) is 0 Å². The number of nitriles is 1. The Labute approximate surface area is 196 Å². The van der Waals surface area contributed by atoms with Gasteiger partial charge in [-0.25, -0.2) is 8.42 Å². The fraction of sp³-hybridized carbons (Fsp3) is 0.217. The number of aromatic nitrogens is 2. The van der Waals surface area contributed by atoms with Crippen molar-refractivity contribution in [2.24, 2.45) is 5.92 Å². The zero-order chi connectivity index (χ0) is 23.8. The van der Waals surface area contributed by atoms with Crippen molar-refractivity contribution in [2.75, 3.05) is 11.1 Å². The summed E-state index contributed by atoms with van der Waals surface area (Å²) in [6, 6.07) is 18.6. The van der Waals surface area contributed by atoms with Gasteiger partial charge in [0.1, 0.15) is 24.0 Å². The lowest BCUT2D eigenvalue weighted by molar-refractivity contribution is -0.112. The molecule has 1 aromatic heterocycles. The van der Waals surface area contributed by atoms with Gasteiger partial charge in [-0.2, -0.15) is 14.6 Å². The Bertz CT molecular complexity index is 1280. The summed E-state index contributed by atoms with van der Waals surface area (Å²) in [6.07, 6.45) is 1.42. The van der Waals surface area contributed by atoms with Crippen molar-refractivity contribution in [1.82, 2.24) is 9.36 Å². The van der Waals surface area contributed by atoms with Crippen LogP contribution in [0.3, 0.4) is 0 Å². The topological polar surface area (TPSA) is 122 Å². The number of rotatable bonds is 9. The van der Waals surface area contributed by atoms with Gasteiger partial charge in [0.25, 0.3) is 11.1 Å². The molecule has 33 heavy (non-hydrogen) atoms. The zero-order valence-electron chi connectivity index (χ0n) is 18.1. The maximum Gasteiger partial charge on any atom is 0.268 e. The molecule has 0 aliphatic rings. The van der Waals surface area contributed by atoms with Crippen LogP contribution in [0, 0.1) is 17.2 Å². The van der Waals surface area contributed by atoms with Crippen LogP contribution in [0.4, 0.5) is 5.13 Å². The molecule has 0 radical (unpaired) electrons. The molecule has 0 atom stereocenters. The SMILES string of the molecule is CC(C)CS(=O)(=O)c1nsc(NC(=O)/C(C#N)=C\c2ccc(OCc3ccccc3)cc2)n1. The van der Waals surface area contributed by atoms with Gasteiger partial charge in [-0.3, -0.25) is 10.1 Å². The fourth-order valence-electron chi connectivity index (χ4n) is 2.78. The van der Waals surface area contributed by atoms with E-state index in [1.165, 1.54) is 6.08 Å². The summed E-state index contributed by atoms with van der Waals surface area (Å²) in [5.41, 5.74) is 1.52. The van der Waals surface area contributed by atoms with Crippen molar-refractivity contribution in [3.8, 4) is 11.8 Å². The van der Waals surface area contributed by atoms with Crippen LogP contribution < -0.4 is 10.1 Å². The molecule has 0 spiro atoms. The van der Waals surface area contributed by atoms with Crippen LogP contribution >= 0.6 is 11.5 Å². The van der Waals surface area contributed by atoms with Crippen LogP contribution in [0.2, 0.25) is 0 Å². The Morgan fingerprint density at radius 1 is 1.18 bits per heavy atom. The molecule has 170 valence electrons. The molecule has 1 heterocycles. The first-order valence-corrected chi connectivity index (χ1v) is 12.5. The normalized spacial score (nSPS) is 11.8. The highest BCUT2D eigenvalue weighted by Gasteiger charge is 2.23. The van der Waals surface area contributed by atoms with Crippen molar-refractivity contribution in [1.29, 1.82) is 5.26 Å². The summed E-state index contributed by atoms with van der Waals surface area (Å²) in [5, 5.41) is 11.5. The molecule has 8 nitrogen and oxygen atoms in total. The average molecular weight is 483 g/mol. The average Bonchev–Trinajstić information content (AvgIpc) is 3.26. The summed E-state index contributed by atoms with van der Waals surface area (Å²) >= 11 is 0.746. The Morgan fingerprint density at radius 2 is 1.88 bits per heavy atom. The second-order valence-electron chi connectivity index (χ2n) is 7.52. The Morgan fingerprint density at radius 3 is 2.52 bits per heavy atom. The van der Waals surface area contributed by atoms with E-state index in [4.69, 9.17) is 4.74 Å². The highest BCUT2D eigenvalue weighted by Crippen LogP contribution is 2.20. The van der Waals surface area contributed by atoms with E-state index < -0.39 is 15.7 Å². The predicted octanol–water partition coefficient (Wildman–Crippen LogP) is 4.09. The second-order valence-corrected chi connectivity index (χ2v) is 10.2. The van der Waals surface area contributed by atoms with E-state index in [1.54, 1.807) is 38.1 Å². The summed E-state index contributed by atoms with van der Waals surface area (Å²) in [6.45, 7) is 3.98. The molecule has 1 amide bonds. The first kappa shape index (κ1) is 24.1. The summed E-state index contributed by atoms with van der Waals surface area (Å²) < 4.78 is 34.0. The molecule has 0 aliphatic carbocycles. The molecular weight excluding hydrogens is 460 g/mol. The fourth-order valence-corrected chi connectivity index (χ4v) is 5.13. The molecule has 0 fully saturated rings. The molecule has 0 unspecified atom stereocenters. The molecule has 10 heteroatoms. The first-order chi connectivity index (χ1) is 15.8. The lowest BCUT2D eigenvalue weighted by Gasteiger charge is -2.06. The van der Waals surface area contributed by atoms with Crippen LogP contribution in [-0.2, 0) is 21.2 Å². The smallest absolute Gasteiger partial charge is 0.268 e. The van der Waals surface area contributed by atoms with Crippen LogP contribution in [-0.4, -0.2) is 29.4 Å². The van der Waals surface area contributed by atoms with Gasteiger partial charge in [0.2, 0.25) is 15.0 Å². The van der Waals surface area contributed by atoms with Gasteiger partial charge in [-0.1, -0.05) is 56.3 Å². The van der Waals surface area contributed by atoms with Crippen LogP contribution in [0.25, 0.3) is 6.08 Å². The largest absolute Gasteiger partial charge is 0.489 e. The van der Waals surface area contributed by atoms with E-state index in [9.17, 15) is 18.5 Å². The third kappa shape index (κ3) is 6.97. The van der Waals surface area contributed by atoms with E-state index >= 15 is 0 Å². The van der Waals surface area contributed by atoms with E-state index in [0.717, 1.165) is 17.1 Å². The number of nitrogens with one attached hydrogen (secondary N) is 1. The van der Waals surface area contributed by atoms with Gasteiger partial charge >= 0.3 is 0 Å². The van der Waals surface area contributed by atoms with E-state index in [-0.39, 0.29) is 27.5 Å². The molecule has 1 N–H and O–H groups in total. The Hall–Kier alpha value is -3.55. The number of hydrogen-bond acceptors (Lipinski definition) is 8. The minimum Gasteiger partial charge on any atom is -0.489 e. The predicted molar refractivity (Wildman–Crippen MR) is 126 cm³/mol. The van der Waals surface area contributed by atoms with Gasteiger partial charge in [0.05, 0.1) is 5.75 Å². The van der Waals surface area contributed by atoms with Gasteiger partial charge in [0, 0.05) is 11.5 Å². The van der Waals surface area contributed by atoms with Crippen molar-refractivity contribution >= 4 is 38.5 Å². The van der Waals surface area contributed by atoms with Crippen LogP contribution in [0.1, 0.15) is 25.0 Å². The minimum atomic E-state index is -3.63. The molecule has 3 aromatic rings. The maximum atomic E-state index is 12.5. The Kier molecular flexibility index (Phi) is 7.92. The quantitative estimate of drug-likeness (QED) is 0.360. The number of sulfone groups is 1. The van der Waals surface area contributed by atoms with Crippen molar-refractivity contribution < 1.29 is 17.9 Å². The number of hydrogen-bond donors (Lipinski definition) is 1. The van der Waals surface area contributed by atoms with E-state index in [2.05, 4.69) is 14.7 Å². The van der Waals surface area contributed by atoms with Gasteiger partial charge in [0.15, 0.2) is 0 Å². The number of benzene rings is 2. The third-order valence-corrected chi connectivity index (χ3v) is 6.85. The highest BCUT2D eigenvalue weighted by atomic mass is 32.2. The number of anilines is 1. The molecular formula is C23H22N4O4S2. The van der Waals surface area contributed by atoms with E-state index in [1.807, 2.05) is 36.4 Å². The standard InChI is InChI=1S/C23H22N4O4S2/c1-16(2)15-33(29,30)23-26-22(32-27-23)25-21(28)19(13-24)12-17-8-10-20(11-9-17)31-14-18-6-4-3-5-7-18/h3-12,16H,14-15H2,1-2H3,(H,25,26,27,28)/b19-12-. The second kappa shape index (κ2) is 10.8. The van der Waals surface area contributed by atoms with Gasteiger partial charge < -0.3 is 4.74 Å². The number of ether oxygens (including phenoxy) is 1. The summed E-state index contributed by atoms with van der Waals surface area (Å²) in [4.78, 5) is 16.4. The lowest BCUT2D eigenvalue weighted by atomic mass is 10.1. The molecule has 3 rings (SSSR count). The minimum absolute atomic E-state index is 0.00754. The van der Waals surface area contributed by atoms with Crippen molar-refractivity contribution in [3.63, 3.8) is 0 Å². The zero-order valence-corrected chi connectivity index (χ0v) is 19.7. The molecule has 2 aromatic carbocycles. The number of carbonyl (C=O) groups is 1. The number of amides is 1. The third-order valence-electron chi connectivity index (χ3n) is 4.26. The number of nitrogens with zero attached hydrogens (tertiary/aromatic N) is 3. The number of carbonyl (C=O) groups excluding carboxylic acids is 1. The van der Waals surface area contributed by atoms with Crippen LogP contribution in [0.5, 0.6) is 5.75 Å². The molecule has 0 saturated heterocycles. The summed E-state index contributed by atoms with van der Waals surface area (Å²) in [7, 11) is -3.63. The van der Waals surface area contributed by atoms with Crippen molar-refractivity contribution in [3.05, 3.63) is 71.3 Å². The van der Waals surface area contributed by atoms with Gasteiger partial charge in [-0.05, 0) is 35.3 Å². The monoisotopic (exact) mass is 482 g/mol. The summed E-state index contributed by atoms with van der Waals surface area (Å²) in [5.74, 6) is -0.223. The van der Waals surface area contributed by atoms with Crippen LogP contribution in [0.15, 0.2) is 65.3 Å². The molecule has 0 aliphatic heterocycles. The highest BCUT2D eigenvalue weighted by molar-refractivity contribution is 7.91. The van der Waals surface area contributed by atoms with E-state index in [0.29, 0.717) is 17.9 Å².